The summed E-state index contributed by atoms with van der Waals surface area (Å²) in [5.74, 6) is -0.286. The van der Waals surface area contributed by atoms with Crippen molar-refractivity contribution in [1.29, 1.82) is 0 Å². The monoisotopic (exact) mass is 496 g/mol. The second-order valence-corrected chi connectivity index (χ2v) is 8.49. The fourth-order valence-electron chi connectivity index (χ4n) is 3.41. The molecule has 5 rings (SSSR count). The molecule has 2 amide bonds. The third kappa shape index (κ3) is 5.15. The van der Waals surface area contributed by atoms with Crippen LogP contribution >= 0.6 is 11.8 Å². The summed E-state index contributed by atoms with van der Waals surface area (Å²) in [6.45, 7) is 0. The SMILES string of the molecule is O=C(CSc1nnc(-c2cccnc2)n1-c1ccccc1)NNC(=O)c1cc(-c2ccccc2)n[nH]1. The van der Waals surface area contributed by atoms with Gasteiger partial charge >= 0.3 is 0 Å². The minimum atomic E-state index is -0.505. The Hall–Kier alpha value is -4.77. The first-order valence-corrected chi connectivity index (χ1v) is 11.9. The van der Waals surface area contributed by atoms with E-state index in [9.17, 15) is 9.59 Å². The van der Waals surface area contributed by atoms with Crippen molar-refractivity contribution in [3.05, 3.63) is 97.0 Å². The standard InChI is InChI=1S/C25H20N8O2S/c34-22(29-31-24(35)21-14-20(27-28-21)17-8-3-1-4-9-17)16-36-25-32-30-23(18-10-7-13-26-15-18)33(25)19-11-5-2-6-12-19/h1-15H,16H2,(H,27,28)(H,29,34)(H,31,35). The molecule has 178 valence electrons. The predicted octanol–water partition coefficient (Wildman–Crippen LogP) is 3.27. The van der Waals surface area contributed by atoms with Crippen LogP contribution in [0.5, 0.6) is 0 Å². The maximum absolute atomic E-state index is 12.5. The Balaban J connectivity index is 1.23. The maximum Gasteiger partial charge on any atom is 0.287 e. The maximum atomic E-state index is 12.5. The fourth-order valence-corrected chi connectivity index (χ4v) is 4.16. The van der Waals surface area contributed by atoms with Crippen LogP contribution in [0.4, 0.5) is 0 Å². The molecule has 0 aliphatic rings. The molecule has 3 heterocycles. The Kier molecular flexibility index (Phi) is 6.81. The number of hydrogen-bond acceptors (Lipinski definition) is 7. The van der Waals surface area contributed by atoms with Gasteiger partial charge in [-0.2, -0.15) is 5.10 Å². The third-order valence-corrected chi connectivity index (χ3v) is 6.04. The minimum absolute atomic E-state index is 0.0104. The van der Waals surface area contributed by atoms with Crippen LogP contribution in [0.2, 0.25) is 0 Å². The van der Waals surface area contributed by atoms with Gasteiger partial charge < -0.3 is 0 Å². The number of carbonyl (C=O) groups excluding carboxylic acids is 2. The van der Waals surface area contributed by atoms with Gasteiger partial charge in [-0.05, 0) is 30.3 Å². The number of thioether (sulfide) groups is 1. The Morgan fingerprint density at radius 2 is 1.64 bits per heavy atom. The van der Waals surface area contributed by atoms with Crippen molar-refractivity contribution in [3.63, 3.8) is 0 Å². The Morgan fingerprint density at radius 3 is 2.39 bits per heavy atom. The van der Waals surface area contributed by atoms with Gasteiger partial charge in [0.15, 0.2) is 11.0 Å². The van der Waals surface area contributed by atoms with E-state index in [-0.39, 0.29) is 11.4 Å². The molecular formula is C25H20N8O2S. The molecule has 2 aromatic carbocycles. The molecule has 0 unspecified atom stereocenters. The van der Waals surface area contributed by atoms with E-state index in [0.29, 0.717) is 16.7 Å². The molecule has 0 aliphatic heterocycles. The summed E-state index contributed by atoms with van der Waals surface area (Å²) >= 11 is 1.20. The van der Waals surface area contributed by atoms with Gasteiger partial charge in [-0.25, -0.2) is 0 Å². The molecule has 0 bridgehead atoms. The Morgan fingerprint density at radius 1 is 0.889 bits per heavy atom. The lowest BCUT2D eigenvalue weighted by Gasteiger charge is -2.10. The molecule has 0 fully saturated rings. The van der Waals surface area contributed by atoms with Crippen LogP contribution < -0.4 is 10.9 Å². The molecule has 36 heavy (non-hydrogen) atoms. The summed E-state index contributed by atoms with van der Waals surface area (Å²) in [5, 5.41) is 16.0. The number of rotatable bonds is 7. The van der Waals surface area contributed by atoms with Gasteiger partial charge in [0.1, 0.15) is 5.69 Å². The average Bonchev–Trinajstić information content (AvgIpc) is 3.60. The number of hydrazine groups is 1. The smallest absolute Gasteiger partial charge is 0.272 e. The highest BCUT2D eigenvalue weighted by Gasteiger charge is 2.18. The number of aromatic amines is 1. The molecule has 11 heteroatoms. The van der Waals surface area contributed by atoms with E-state index in [2.05, 4.69) is 36.2 Å². The number of aromatic nitrogens is 6. The first kappa shape index (κ1) is 23.0. The van der Waals surface area contributed by atoms with Crippen LogP contribution in [-0.4, -0.2) is 47.5 Å². The molecular weight excluding hydrogens is 476 g/mol. The zero-order valence-corrected chi connectivity index (χ0v) is 19.6. The van der Waals surface area contributed by atoms with Crippen LogP contribution in [0.25, 0.3) is 28.3 Å². The van der Waals surface area contributed by atoms with Crippen molar-refractivity contribution < 1.29 is 9.59 Å². The lowest BCUT2D eigenvalue weighted by molar-refractivity contribution is -0.119. The quantitative estimate of drug-likeness (QED) is 0.233. The highest BCUT2D eigenvalue weighted by atomic mass is 32.2. The third-order valence-electron chi connectivity index (χ3n) is 5.11. The van der Waals surface area contributed by atoms with E-state index in [1.807, 2.05) is 77.4 Å². The number of hydrogen-bond donors (Lipinski definition) is 3. The van der Waals surface area contributed by atoms with E-state index in [4.69, 9.17) is 0 Å². The molecule has 0 spiro atoms. The Labute approximate surface area is 210 Å². The first-order valence-electron chi connectivity index (χ1n) is 10.9. The molecule has 0 atom stereocenters. The van der Waals surface area contributed by atoms with Crippen molar-refractivity contribution in [1.82, 2.24) is 40.8 Å². The first-order chi connectivity index (χ1) is 17.7. The molecule has 10 nitrogen and oxygen atoms in total. The topological polar surface area (TPSA) is 130 Å². The largest absolute Gasteiger partial charge is 0.287 e. The summed E-state index contributed by atoms with van der Waals surface area (Å²) in [6.07, 6.45) is 3.39. The summed E-state index contributed by atoms with van der Waals surface area (Å²) in [4.78, 5) is 29.1. The van der Waals surface area contributed by atoms with Gasteiger partial charge in [-0.1, -0.05) is 60.3 Å². The minimum Gasteiger partial charge on any atom is -0.272 e. The Bertz CT molecular complexity index is 1470. The summed E-state index contributed by atoms with van der Waals surface area (Å²) in [5.41, 5.74) is 8.21. The second-order valence-electron chi connectivity index (χ2n) is 7.54. The number of benzene rings is 2. The number of para-hydroxylation sites is 1. The van der Waals surface area contributed by atoms with E-state index in [1.54, 1.807) is 18.5 Å². The number of amides is 2. The summed E-state index contributed by atoms with van der Waals surface area (Å²) < 4.78 is 1.86. The van der Waals surface area contributed by atoms with Crippen molar-refractivity contribution in [2.24, 2.45) is 0 Å². The number of H-pyrrole nitrogens is 1. The van der Waals surface area contributed by atoms with Gasteiger partial charge in [-0.15, -0.1) is 10.2 Å². The van der Waals surface area contributed by atoms with Gasteiger partial charge in [0.05, 0.1) is 11.4 Å². The van der Waals surface area contributed by atoms with Crippen LogP contribution in [-0.2, 0) is 4.79 Å². The summed E-state index contributed by atoms with van der Waals surface area (Å²) in [7, 11) is 0. The molecule has 0 saturated heterocycles. The molecule has 0 saturated carbocycles. The molecule has 3 aromatic heterocycles. The lowest BCUT2D eigenvalue weighted by Crippen LogP contribution is -2.42. The van der Waals surface area contributed by atoms with E-state index in [0.717, 1.165) is 16.8 Å². The van der Waals surface area contributed by atoms with E-state index < -0.39 is 11.8 Å². The van der Waals surface area contributed by atoms with Crippen molar-refractivity contribution >= 4 is 23.6 Å². The number of nitrogens with zero attached hydrogens (tertiary/aromatic N) is 5. The van der Waals surface area contributed by atoms with Gasteiger partial charge in [0.2, 0.25) is 5.91 Å². The van der Waals surface area contributed by atoms with Crippen molar-refractivity contribution in [2.75, 3.05) is 5.75 Å². The molecule has 5 aromatic rings. The predicted molar refractivity (Wildman–Crippen MR) is 135 cm³/mol. The molecule has 0 aliphatic carbocycles. The highest BCUT2D eigenvalue weighted by molar-refractivity contribution is 7.99. The van der Waals surface area contributed by atoms with Crippen molar-refractivity contribution in [2.45, 2.75) is 5.16 Å². The van der Waals surface area contributed by atoms with Crippen LogP contribution in [0, 0.1) is 0 Å². The number of carbonyl (C=O) groups is 2. The van der Waals surface area contributed by atoms with Crippen molar-refractivity contribution in [3.8, 4) is 28.3 Å². The van der Waals surface area contributed by atoms with Gasteiger partial charge in [-0.3, -0.25) is 35.1 Å². The summed E-state index contributed by atoms with van der Waals surface area (Å²) in [6, 6.07) is 24.4. The average molecular weight is 497 g/mol. The zero-order chi connectivity index (χ0) is 24.7. The molecule has 3 N–H and O–H groups in total. The van der Waals surface area contributed by atoms with E-state index in [1.165, 1.54) is 11.8 Å². The number of pyridine rings is 1. The normalized spacial score (nSPS) is 10.7. The van der Waals surface area contributed by atoms with E-state index >= 15 is 0 Å². The number of nitrogens with one attached hydrogen (secondary N) is 3. The van der Waals surface area contributed by atoms with Crippen LogP contribution in [0.1, 0.15) is 10.5 Å². The fraction of sp³-hybridized carbons (Fsp3) is 0.0400. The van der Waals surface area contributed by atoms with Crippen LogP contribution in [0.3, 0.4) is 0 Å². The lowest BCUT2D eigenvalue weighted by atomic mass is 10.1. The van der Waals surface area contributed by atoms with Crippen LogP contribution in [0.15, 0.2) is 96.4 Å². The highest BCUT2D eigenvalue weighted by Crippen LogP contribution is 2.27. The second kappa shape index (κ2) is 10.7. The van der Waals surface area contributed by atoms with Gasteiger partial charge in [0, 0.05) is 29.2 Å². The molecule has 0 radical (unpaired) electrons. The zero-order valence-electron chi connectivity index (χ0n) is 18.8. The van der Waals surface area contributed by atoms with Gasteiger partial charge in [0.25, 0.3) is 5.91 Å².